The van der Waals surface area contributed by atoms with Crippen molar-refractivity contribution in [2.24, 2.45) is 0 Å². The van der Waals surface area contributed by atoms with E-state index < -0.39 is 18.1 Å². The molecule has 62 heavy (non-hydrogen) atoms. The minimum absolute atomic E-state index is 0. The first-order valence-electron chi connectivity index (χ1n) is 22.8. The summed E-state index contributed by atoms with van der Waals surface area (Å²) in [6.45, 7) is 31.9. The maximum absolute atomic E-state index is 9.48. The summed E-state index contributed by atoms with van der Waals surface area (Å²) in [6.07, 6.45) is 14.3. The minimum atomic E-state index is -3.25. The third-order valence-corrected chi connectivity index (χ3v) is 9.46. The van der Waals surface area contributed by atoms with Crippen LogP contribution in [-0.4, -0.2) is 161 Å². The van der Waals surface area contributed by atoms with Gasteiger partial charge in [-0.1, -0.05) is 93.4 Å². The van der Waals surface area contributed by atoms with Gasteiger partial charge in [-0.3, -0.25) is 0 Å². The Morgan fingerprint density at radius 1 is 0.258 bits per heavy atom. The molecule has 16 nitrogen and oxygen atoms in total. The van der Waals surface area contributed by atoms with Crippen LogP contribution in [0.25, 0.3) is 0 Å². The summed E-state index contributed by atoms with van der Waals surface area (Å²) in [5.74, 6) is 0. The molecule has 0 amide bonds. The third kappa shape index (κ3) is 144. The molecule has 0 aliphatic rings. The Kier molecular flexibility index (Phi) is 157. The molecular formula is C42H108O16Si2Ti2. The fourth-order valence-electron chi connectivity index (χ4n) is 2.45. The van der Waals surface area contributed by atoms with Gasteiger partial charge in [-0.15, -0.1) is 0 Å². The second-order valence-corrected chi connectivity index (χ2v) is 15.3. The molecule has 20 heteroatoms. The average Bonchev–Trinajstić information content (AvgIpc) is 3.20. The Balaban J connectivity index is -0.0000000459. The Labute approximate surface area is 415 Å². The standard InChI is InChI=1S/2C6H16O4Si.7C4H10O.C2H6O.2Ti/c2*1-4-8-11(7,9-5-2)10-6-3;7*1-2-3-4-5;1-2-3;;/h2*7H,4-6H2,1-3H3;7*5H,2-4H2,1H3;3H,2H2,1H3;;. The van der Waals surface area contributed by atoms with E-state index in [1.165, 1.54) is 0 Å². The van der Waals surface area contributed by atoms with Crippen molar-refractivity contribution in [3.63, 3.8) is 0 Å². The molecule has 0 aromatic carbocycles. The molecule has 0 saturated heterocycles. The molecule has 0 unspecified atom stereocenters. The molecule has 0 bridgehead atoms. The normalized spacial score (nSPS) is 9.29. The molecule has 0 heterocycles. The molecule has 0 aromatic heterocycles. The zero-order valence-electron chi connectivity index (χ0n) is 42.7. The Hall–Kier alpha value is 1.22. The van der Waals surface area contributed by atoms with Crippen LogP contribution in [0, 0.1) is 0 Å². The number of unbranched alkanes of at least 4 members (excludes halogenated alkanes) is 7. The molecule has 0 aliphatic carbocycles. The van der Waals surface area contributed by atoms with Gasteiger partial charge in [-0.05, 0) is 93.4 Å². The van der Waals surface area contributed by atoms with Gasteiger partial charge in [0.15, 0.2) is 0 Å². The zero-order valence-corrected chi connectivity index (χ0v) is 47.8. The molecule has 0 rings (SSSR count). The summed E-state index contributed by atoms with van der Waals surface area (Å²) in [7, 11) is -6.50. The van der Waals surface area contributed by atoms with E-state index in [9.17, 15) is 9.59 Å². The van der Waals surface area contributed by atoms with Gasteiger partial charge in [-0.2, -0.15) is 0 Å². The first kappa shape index (κ1) is 93.3. The molecule has 0 fully saturated rings. The van der Waals surface area contributed by atoms with Crippen LogP contribution in [0.4, 0.5) is 0 Å². The van der Waals surface area contributed by atoms with Gasteiger partial charge in [0.2, 0.25) is 0 Å². The molecule has 0 radical (unpaired) electrons. The summed E-state index contributed by atoms with van der Waals surface area (Å²) in [5, 5.41) is 64.0. The molecular weight excluding hydrogens is 912 g/mol. The van der Waals surface area contributed by atoms with Gasteiger partial charge in [-0.25, -0.2) is 0 Å². The monoisotopic (exact) mass is 1020 g/mol. The Bertz CT molecular complexity index is 448. The molecule has 0 aliphatic heterocycles. The quantitative estimate of drug-likeness (QED) is 0.0415. The van der Waals surface area contributed by atoms with E-state index in [2.05, 4.69) is 48.5 Å². The van der Waals surface area contributed by atoms with E-state index in [0.717, 1.165) is 89.9 Å². The van der Waals surface area contributed by atoms with Crippen LogP contribution in [0.5, 0.6) is 0 Å². The van der Waals surface area contributed by atoms with E-state index >= 15 is 0 Å². The van der Waals surface area contributed by atoms with Crippen molar-refractivity contribution >= 4 is 18.1 Å². The number of hydrogen-bond donors (Lipinski definition) is 10. The number of hydrogen-bond acceptors (Lipinski definition) is 16. The molecule has 0 saturated carbocycles. The summed E-state index contributed by atoms with van der Waals surface area (Å²) < 4.78 is 29.8. The van der Waals surface area contributed by atoms with Crippen molar-refractivity contribution in [3.05, 3.63) is 0 Å². The van der Waals surface area contributed by atoms with Gasteiger partial charge < -0.3 is 77.0 Å². The number of rotatable bonds is 26. The van der Waals surface area contributed by atoms with E-state index in [4.69, 9.17) is 67.4 Å². The summed E-state index contributed by atoms with van der Waals surface area (Å²) in [4.78, 5) is 19.0. The predicted molar refractivity (Wildman–Crippen MR) is 252 cm³/mol. The SMILES string of the molecule is CCCCO.CCCCO.CCCCO.CCCCO.CCCCO.CCCCO.CCCCO.CCO.CCO[Si](O)(OCC)OCC.CCO[Si](O)(OCC)OCC.[Ti].[Ti]. The van der Waals surface area contributed by atoms with Crippen molar-refractivity contribution in [1.29, 1.82) is 0 Å². The van der Waals surface area contributed by atoms with Gasteiger partial charge >= 0.3 is 18.1 Å². The maximum atomic E-state index is 9.48. The molecule has 0 aromatic rings. The first-order valence-corrected chi connectivity index (χ1v) is 26.2. The predicted octanol–water partition coefficient (Wildman–Crippen LogP) is 6.49. The smallest absolute Gasteiger partial charge is 0.397 e. The Morgan fingerprint density at radius 2 is 0.355 bits per heavy atom. The van der Waals surface area contributed by atoms with Crippen LogP contribution in [0.2, 0.25) is 0 Å². The summed E-state index contributed by atoms with van der Waals surface area (Å²) in [5.41, 5.74) is 0. The van der Waals surface area contributed by atoms with Crippen LogP contribution in [0.3, 0.4) is 0 Å². The van der Waals surface area contributed by atoms with Crippen LogP contribution >= 0.6 is 0 Å². The fraction of sp³-hybridized carbons (Fsp3) is 1.00. The second-order valence-electron chi connectivity index (χ2n) is 11.5. The van der Waals surface area contributed by atoms with Crippen molar-refractivity contribution in [3.8, 4) is 0 Å². The molecule has 388 valence electrons. The Morgan fingerprint density at radius 3 is 0.387 bits per heavy atom. The summed E-state index contributed by atoms with van der Waals surface area (Å²) >= 11 is 0. The minimum Gasteiger partial charge on any atom is -0.397 e. The van der Waals surface area contributed by atoms with Crippen molar-refractivity contribution in [2.75, 3.05) is 92.5 Å². The number of aliphatic hydroxyl groups excluding tert-OH is 8. The van der Waals surface area contributed by atoms with Crippen LogP contribution in [-0.2, 0) is 70.0 Å². The van der Waals surface area contributed by atoms with E-state index in [-0.39, 0.29) is 50.0 Å². The van der Waals surface area contributed by atoms with Crippen LogP contribution < -0.4 is 0 Å². The van der Waals surface area contributed by atoms with Crippen molar-refractivity contribution < 1.29 is 120 Å². The van der Waals surface area contributed by atoms with Gasteiger partial charge in [0, 0.05) is 136 Å². The maximum Gasteiger partial charge on any atom is 0.676 e. The van der Waals surface area contributed by atoms with Crippen LogP contribution in [0.15, 0.2) is 0 Å². The number of aliphatic hydroxyl groups is 8. The molecule has 10 N–H and O–H groups in total. The van der Waals surface area contributed by atoms with E-state index in [1.807, 2.05) is 0 Å². The van der Waals surface area contributed by atoms with E-state index in [0.29, 0.717) is 85.9 Å². The van der Waals surface area contributed by atoms with Crippen molar-refractivity contribution in [1.82, 2.24) is 0 Å². The first-order chi connectivity index (χ1) is 28.7. The average molecular weight is 1020 g/mol. The zero-order chi connectivity index (χ0) is 49.0. The fourth-order valence-corrected chi connectivity index (χ4v) is 5.14. The topological polar surface area (TPSA) is 258 Å². The largest absolute Gasteiger partial charge is 0.676 e. The van der Waals surface area contributed by atoms with Gasteiger partial charge in [0.25, 0.3) is 0 Å². The molecule has 0 atom stereocenters. The molecule has 0 spiro atoms. The van der Waals surface area contributed by atoms with E-state index in [1.54, 1.807) is 48.5 Å². The second kappa shape index (κ2) is 105. The van der Waals surface area contributed by atoms with Crippen molar-refractivity contribution in [2.45, 2.75) is 187 Å². The van der Waals surface area contributed by atoms with Gasteiger partial charge in [0.05, 0.1) is 0 Å². The summed E-state index contributed by atoms with van der Waals surface area (Å²) in [6, 6.07) is 0. The van der Waals surface area contributed by atoms with Crippen LogP contribution in [0.1, 0.15) is 187 Å². The third-order valence-electron chi connectivity index (χ3n) is 5.54. The van der Waals surface area contributed by atoms with Gasteiger partial charge in [0.1, 0.15) is 0 Å².